The van der Waals surface area contributed by atoms with Crippen LogP contribution in [0.4, 0.5) is 5.69 Å². The maximum atomic E-state index is 12.1. The van der Waals surface area contributed by atoms with Gasteiger partial charge in [-0.25, -0.2) is 4.98 Å². The lowest BCUT2D eigenvalue weighted by Gasteiger charge is -2.10. The molecule has 8 nitrogen and oxygen atoms in total. The summed E-state index contributed by atoms with van der Waals surface area (Å²) in [6, 6.07) is 6.96. The van der Waals surface area contributed by atoms with E-state index in [1.165, 1.54) is 7.11 Å². The Hall–Kier alpha value is -3.29. The Balaban J connectivity index is 1.65. The number of nitrogens with one attached hydrogen (secondary N) is 1. The molecule has 0 aliphatic carbocycles. The molecular formula is C18H19N3O5. The molecular weight excluding hydrogens is 338 g/mol. The summed E-state index contributed by atoms with van der Waals surface area (Å²) in [5, 5.41) is 2.71. The highest BCUT2D eigenvalue weighted by molar-refractivity contribution is 5.92. The Morgan fingerprint density at radius 1 is 1.12 bits per heavy atom. The first-order valence-corrected chi connectivity index (χ1v) is 7.89. The third-order valence-corrected chi connectivity index (χ3v) is 3.66. The van der Waals surface area contributed by atoms with E-state index in [0.717, 1.165) is 11.3 Å². The fraction of sp³-hybridized carbons (Fsp3) is 0.278. The second kappa shape index (κ2) is 7.30. The zero-order valence-electron chi connectivity index (χ0n) is 15.0. The predicted octanol–water partition coefficient (Wildman–Crippen LogP) is 2.87. The first kappa shape index (κ1) is 17.5. The second-order valence-electron chi connectivity index (χ2n) is 5.62. The first-order valence-electron chi connectivity index (χ1n) is 7.89. The van der Waals surface area contributed by atoms with Crippen LogP contribution in [-0.4, -0.2) is 36.7 Å². The molecule has 0 unspecified atom stereocenters. The third-order valence-electron chi connectivity index (χ3n) is 3.66. The zero-order chi connectivity index (χ0) is 18.7. The van der Waals surface area contributed by atoms with Gasteiger partial charge in [-0.3, -0.25) is 4.79 Å². The summed E-state index contributed by atoms with van der Waals surface area (Å²) in [5.41, 5.74) is 3.32. The number of anilines is 1. The molecule has 0 spiro atoms. The van der Waals surface area contributed by atoms with Gasteiger partial charge in [0.1, 0.15) is 5.52 Å². The topological polar surface area (TPSA) is 95.7 Å². The lowest BCUT2D eigenvalue weighted by Crippen LogP contribution is -2.20. The van der Waals surface area contributed by atoms with E-state index in [4.69, 9.17) is 18.6 Å². The maximum absolute atomic E-state index is 12.1. The molecule has 0 aliphatic heterocycles. The number of aromatic nitrogens is 2. The Kier molecular flexibility index (Phi) is 4.92. The van der Waals surface area contributed by atoms with Crippen LogP contribution in [0.3, 0.4) is 0 Å². The largest absolute Gasteiger partial charge is 0.493 e. The SMILES string of the molecule is COc1ccc(NC(=O)COc2nc3c(C)cc(C)nc3o2)cc1OC. The maximum Gasteiger partial charge on any atom is 0.396 e. The summed E-state index contributed by atoms with van der Waals surface area (Å²) in [6.45, 7) is 3.53. The van der Waals surface area contributed by atoms with Crippen molar-refractivity contribution in [2.45, 2.75) is 13.8 Å². The number of rotatable bonds is 6. The molecule has 136 valence electrons. The molecule has 0 atom stereocenters. The molecule has 3 rings (SSSR count). The number of nitrogens with zero attached hydrogens (tertiary/aromatic N) is 2. The van der Waals surface area contributed by atoms with Crippen LogP contribution in [-0.2, 0) is 4.79 Å². The quantitative estimate of drug-likeness (QED) is 0.724. The van der Waals surface area contributed by atoms with E-state index in [0.29, 0.717) is 28.4 Å². The molecule has 1 amide bonds. The number of aryl methyl sites for hydroxylation is 2. The molecule has 0 radical (unpaired) electrons. The number of oxazole rings is 1. The van der Waals surface area contributed by atoms with Crippen molar-refractivity contribution in [2.75, 3.05) is 26.1 Å². The molecule has 3 aromatic rings. The average Bonchev–Trinajstić information content (AvgIpc) is 3.03. The molecule has 1 N–H and O–H groups in total. The molecule has 26 heavy (non-hydrogen) atoms. The standard InChI is InChI=1S/C18H19N3O5/c1-10-7-11(2)19-17-16(10)21-18(26-17)25-9-15(22)20-12-5-6-13(23-3)14(8-12)24-4/h5-8H,9H2,1-4H3,(H,20,22). The normalized spacial score (nSPS) is 10.6. The van der Waals surface area contributed by atoms with E-state index >= 15 is 0 Å². The van der Waals surface area contributed by atoms with Crippen molar-refractivity contribution in [3.05, 3.63) is 35.5 Å². The first-order chi connectivity index (χ1) is 12.5. The third kappa shape index (κ3) is 3.69. The van der Waals surface area contributed by atoms with Gasteiger partial charge in [0, 0.05) is 17.4 Å². The van der Waals surface area contributed by atoms with Crippen molar-refractivity contribution in [3.8, 4) is 17.6 Å². The van der Waals surface area contributed by atoms with Crippen molar-refractivity contribution >= 4 is 22.8 Å². The summed E-state index contributed by atoms with van der Waals surface area (Å²) in [4.78, 5) is 20.5. The van der Waals surface area contributed by atoms with E-state index < -0.39 is 0 Å². The highest BCUT2D eigenvalue weighted by Gasteiger charge is 2.13. The molecule has 8 heteroatoms. The number of hydrogen-bond donors (Lipinski definition) is 1. The van der Waals surface area contributed by atoms with Crippen molar-refractivity contribution in [1.82, 2.24) is 9.97 Å². The fourth-order valence-corrected chi connectivity index (χ4v) is 2.50. The molecule has 0 saturated heterocycles. The number of carbonyl (C=O) groups is 1. The lowest BCUT2D eigenvalue weighted by atomic mass is 10.2. The number of amides is 1. The Bertz CT molecular complexity index is 951. The van der Waals surface area contributed by atoms with Crippen LogP contribution in [0.1, 0.15) is 11.3 Å². The van der Waals surface area contributed by atoms with Gasteiger partial charge in [0.05, 0.1) is 14.2 Å². The van der Waals surface area contributed by atoms with Crippen LogP contribution in [0, 0.1) is 13.8 Å². The molecule has 0 aliphatic rings. The van der Waals surface area contributed by atoms with E-state index in [1.807, 2.05) is 19.9 Å². The van der Waals surface area contributed by atoms with Crippen molar-refractivity contribution < 1.29 is 23.4 Å². The van der Waals surface area contributed by atoms with Gasteiger partial charge < -0.3 is 23.9 Å². The number of carbonyl (C=O) groups excluding carboxylic acids is 1. The van der Waals surface area contributed by atoms with E-state index in [9.17, 15) is 4.79 Å². The number of fused-ring (bicyclic) bond motifs is 1. The van der Waals surface area contributed by atoms with Gasteiger partial charge in [-0.2, -0.15) is 4.98 Å². The number of methoxy groups -OCH3 is 2. The van der Waals surface area contributed by atoms with Crippen molar-refractivity contribution in [1.29, 1.82) is 0 Å². The minimum atomic E-state index is -0.361. The van der Waals surface area contributed by atoms with Gasteiger partial charge in [-0.1, -0.05) is 0 Å². The summed E-state index contributed by atoms with van der Waals surface area (Å²) >= 11 is 0. The molecule has 2 aromatic heterocycles. The predicted molar refractivity (Wildman–Crippen MR) is 94.9 cm³/mol. The van der Waals surface area contributed by atoms with Crippen LogP contribution in [0.15, 0.2) is 28.7 Å². The molecule has 0 fully saturated rings. The monoisotopic (exact) mass is 357 g/mol. The Morgan fingerprint density at radius 3 is 2.62 bits per heavy atom. The van der Waals surface area contributed by atoms with Gasteiger partial charge in [0.25, 0.3) is 11.6 Å². The minimum absolute atomic E-state index is 0.00339. The van der Waals surface area contributed by atoms with Crippen LogP contribution in [0.5, 0.6) is 17.6 Å². The minimum Gasteiger partial charge on any atom is -0.493 e. The number of pyridine rings is 1. The van der Waals surface area contributed by atoms with Crippen LogP contribution >= 0.6 is 0 Å². The van der Waals surface area contributed by atoms with E-state index in [2.05, 4.69) is 15.3 Å². The lowest BCUT2D eigenvalue weighted by molar-refractivity contribution is -0.118. The molecule has 1 aromatic carbocycles. The average molecular weight is 357 g/mol. The van der Waals surface area contributed by atoms with Gasteiger partial charge in [0.15, 0.2) is 18.1 Å². The number of hydrogen-bond acceptors (Lipinski definition) is 7. The smallest absolute Gasteiger partial charge is 0.396 e. The van der Waals surface area contributed by atoms with Crippen LogP contribution < -0.4 is 19.5 Å². The van der Waals surface area contributed by atoms with E-state index in [-0.39, 0.29) is 18.6 Å². The van der Waals surface area contributed by atoms with Gasteiger partial charge in [-0.15, -0.1) is 0 Å². The molecule has 0 saturated carbocycles. The summed E-state index contributed by atoms with van der Waals surface area (Å²) < 4.78 is 21.1. The highest BCUT2D eigenvalue weighted by atomic mass is 16.6. The number of benzene rings is 1. The summed E-state index contributed by atoms with van der Waals surface area (Å²) in [5.74, 6) is 0.730. The van der Waals surface area contributed by atoms with Crippen molar-refractivity contribution in [2.24, 2.45) is 0 Å². The summed E-state index contributed by atoms with van der Waals surface area (Å²) in [6.07, 6.45) is 0.00339. The molecule has 0 bridgehead atoms. The Labute approximate surface area is 150 Å². The second-order valence-corrected chi connectivity index (χ2v) is 5.62. The van der Waals surface area contributed by atoms with Crippen LogP contribution in [0.2, 0.25) is 0 Å². The van der Waals surface area contributed by atoms with Crippen molar-refractivity contribution in [3.63, 3.8) is 0 Å². The zero-order valence-corrected chi connectivity index (χ0v) is 15.0. The fourth-order valence-electron chi connectivity index (χ4n) is 2.50. The Morgan fingerprint density at radius 2 is 1.88 bits per heavy atom. The van der Waals surface area contributed by atoms with Gasteiger partial charge >= 0.3 is 6.08 Å². The van der Waals surface area contributed by atoms with Gasteiger partial charge in [0.2, 0.25) is 0 Å². The summed E-state index contributed by atoms with van der Waals surface area (Å²) in [7, 11) is 3.07. The molecule has 2 heterocycles. The van der Waals surface area contributed by atoms with Crippen LogP contribution in [0.25, 0.3) is 11.2 Å². The highest BCUT2D eigenvalue weighted by Crippen LogP contribution is 2.29. The number of ether oxygens (including phenoxy) is 3. The van der Waals surface area contributed by atoms with Gasteiger partial charge in [-0.05, 0) is 37.6 Å². The van der Waals surface area contributed by atoms with E-state index in [1.54, 1.807) is 25.3 Å².